The standard InChI is InChI=1S/C11H20N2O3/c1-3-5-7-6-9(7)13-11(16)12-8(4-2)10(14)15/h7-9H,3-6H2,1-2H3,(H,14,15)(H2,12,13,16)/t7?,8-,9?/m1/s1. The third kappa shape index (κ3) is 3.72. The van der Waals surface area contributed by atoms with Gasteiger partial charge in [0, 0.05) is 6.04 Å². The predicted octanol–water partition coefficient (Wildman–Crippen LogP) is 1.34. The first kappa shape index (κ1) is 12.8. The second-order valence-corrected chi connectivity index (χ2v) is 4.31. The highest BCUT2D eigenvalue weighted by atomic mass is 16.4. The fourth-order valence-corrected chi connectivity index (χ4v) is 1.82. The molecule has 2 unspecified atom stereocenters. The van der Waals surface area contributed by atoms with E-state index in [4.69, 9.17) is 5.11 Å². The molecule has 5 heteroatoms. The van der Waals surface area contributed by atoms with Gasteiger partial charge < -0.3 is 15.7 Å². The van der Waals surface area contributed by atoms with Crippen LogP contribution < -0.4 is 10.6 Å². The summed E-state index contributed by atoms with van der Waals surface area (Å²) in [5.41, 5.74) is 0. The van der Waals surface area contributed by atoms with Gasteiger partial charge in [-0.25, -0.2) is 9.59 Å². The average molecular weight is 228 g/mol. The lowest BCUT2D eigenvalue weighted by Gasteiger charge is -2.13. The highest BCUT2D eigenvalue weighted by Crippen LogP contribution is 2.34. The quantitative estimate of drug-likeness (QED) is 0.642. The molecule has 0 heterocycles. The maximum atomic E-state index is 11.4. The van der Waals surface area contributed by atoms with Crippen molar-refractivity contribution in [1.82, 2.24) is 10.6 Å². The lowest BCUT2D eigenvalue weighted by molar-refractivity contribution is -0.139. The Bertz CT molecular complexity index is 268. The Morgan fingerprint density at radius 3 is 2.62 bits per heavy atom. The molecule has 0 aromatic rings. The molecule has 0 aromatic heterocycles. The Morgan fingerprint density at radius 1 is 1.44 bits per heavy atom. The summed E-state index contributed by atoms with van der Waals surface area (Å²) in [6.45, 7) is 3.85. The molecular weight excluding hydrogens is 208 g/mol. The molecule has 3 N–H and O–H groups in total. The fraction of sp³-hybridized carbons (Fsp3) is 0.818. The second-order valence-electron chi connectivity index (χ2n) is 4.31. The van der Waals surface area contributed by atoms with E-state index in [1.165, 1.54) is 0 Å². The number of nitrogens with one attached hydrogen (secondary N) is 2. The SMILES string of the molecule is CCCC1CC1NC(=O)N[C@H](CC)C(=O)O. The van der Waals surface area contributed by atoms with E-state index >= 15 is 0 Å². The minimum absolute atomic E-state index is 0.242. The molecule has 0 radical (unpaired) electrons. The van der Waals surface area contributed by atoms with Crippen LogP contribution in [0.3, 0.4) is 0 Å². The molecule has 1 rings (SSSR count). The number of hydrogen-bond acceptors (Lipinski definition) is 2. The molecule has 1 saturated carbocycles. The molecule has 3 atom stereocenters. The van der Waals surface area contributed by atoms with Crippen LogP contribution in [-0.2, 0) is 4.79 Å². The van der Waals surface area contributed by atoms with E-state index in [0.29, 0.717) is 12.3 Å². The Kier molecular flexibility index (Phi) is 4.58. The number of urea groups is 1. The van der Waals surface area contributed by atoms with Gasteiger partial charge in [0.25, 0.3) is 0 Å². The molecule has 0 saturated heterocycles. The summed E-state index contributed by atoms with van der Waals surface area (Å²) in [5.74, 6) is -0.404. The zero-order chi connectivity index (χ0) is 12.1. The van der Waals surface area contributed by atoms with Crippen molar-refractivity contribution in [3.05, 3.63) is 0 Å². The molecule has 0 aromatic carbocycles. The van der Waals surface area contributed by atoms with E-state index in [2.05, 4.69) is 17.6 Å². The minimum atomic E-state index is -0.987. The van der Waals surface area contributed by atoms with Crippen molar-refractivity contribution in [3.63, 3.8) is 0 Å². The third-order valence-corrected chi connectivity index (χ3v) is 2.91. The first-order valence-corrected chi connectivity index (χ1v) is 5.88. The molecule has 5 nitrogen and oxygen atoms in total. The van der Waals surface area contributed by atoms with Crippen molar-refractivity contribution >= 4 is 12.0 Å². The van der Waals surface area contributed by atoms with Crippen LogP contribution in [-0.4, -0.2) is 29.2 Å². The van der Waals surface area contributed by atoms with Gasteiger partial charge in [0.1, 0.15) is 6.04 Å². The Balaban J connectivity index is 2.24. The van der Waals surface area contributed by atoms with Crippen LogP contribution in [0.25, 0.3) is 0 Å². The van der Waals surface area contributed by atoms with Gasteiger partial charge in [0.05, 0.1) is 0 Å². The Hall–Kier alpha value is -1.26. The molecular formula is C11H20N2O3. The summed E-state index contributed by atoms with van der Waals surface area (Å²) in [7, 11) is 0. The predicted molar refractivity (Wildman–Crippen MR) is 60.2 cm³/mol. The molecule has 0 bridgehead atoms. The lowest BCUT2D eigenvalue weighted by atomic mass is 10.2. The van der Waals surface area contributed by atoms with Crippen LogP contribution in [0.4, 0.5) is 4.79 Å². The number of hydrogen-bond donors (Lipinski definition) is 3. The molecule has 0 spiro atoms. The van der Waals surface area contributed by atoms with Crippen LogP contribution in [0, 0.1) is 5.92 Å². The highest BCUT2D eigenvalue weighted by Gasteiger charge is 2.37. The van der Waals surface area contributed by atoms with Crippen molar-refractivity contribution in [2.24, 2.45) is 5.92 Å². The van der Waals surface area contributed by atoms with Crippen molar-refractivity contribution in [2.75, 3.05) is 0 Å². The van der Waals surface area contributed by atoms with Gasteiger partial charge in [0.15, 0.2) is 0 Å². The van der Waals surface area contributed by atoms with Crippen molar-refractivity contribution in [1.29, 1.82) is 0 Å². The van der Waals surface area contributed by atoms with Crippen LogP contribution in [0.2, 0.25) is 0 Å². The summed E-state index contributed by atoms with van der Waals surface area (Å²) in [6.07, 6.45) is 3.66. The number of rotatable bonds is 6. The number of carboxylic acid groups (broad SMARTS) is 1. The number of carbonyl (C=O) groups is 2. The molecule has 92 valence electrons. The number of aliphatic carboxylic acids is 1. The summed E-state index contributed by atoms with van der Waals surface area (Å²) in [6, 6.07) is -0.910. The van der Waals surface area contributed by atoms with Gasteiger partial charge >= 0.3 is 12.0 Å². The Labute approximate surface area is 95.6 Å². The van der Waals surface area contributed by atoms with Gasteiger partial charge in [-0.3, -0.25) is 0 Å². The van der Waals surface area contributed by atoms with E-state index in [9.17, 15) is 9.59 Å². The topological polar surface area (TPSA) is 78.4 Å². The van der Waals surface area contributed by atoms with E-state index in [1.54, 1.807) is 6.92 Å². The molecule has 1 aliphatic carbocycles. The maximum absolute atomic E-state index is 11.4. The largest absolute Gasteiger partial charge is 0.480 e. The van der Waals surface area contributed by atoms with Gasteiger partial charge in [-0.1, -0.05) is 20.3 Å². The first-order valence-electron chi connectivity index (χ1n) is 5.88. The van der Waals surface area contributed by atoms with Crippen molar-refractivity contribution < 1.29 is 14.7 Å². The van der Waals surface area contributed by atoms with Gasteiger partial charge in [-0.2, -0.15) is 0 Å². The first-order chi connectivity index (χ1) is 7.58. The molecule has 2 amide bonds. The number of carboxylic acids is 1. The maximum Gasteiger partial charge on any atom is 0.326 e. The molecule has 1 aliphatic rings. The Morgan fingerprint density at radius 2 is 2.12 bits per heavy atom. The van der Waals surface area contributed by atoms with Crippen LogP contribution in [0.5, 0.6) is 0 Å². The lowest BCUT2D eigenvalue weighted by Crippen LogP contribution is -2.46. The van der Waals surface area contributed by atoms with Crippen molar-refractivity contribution in [3.8, 4) is 0 Å². The second kappa shape index (κ2) is 5.72. The van der Waals surface area contributed by atoms with E-state index in [1.807, 2.05) is 0 Å². The normalized spacial score (nSPS) is 24.6. The van der Waals surface area contributed by atoms with Gasteiger partial charge in [0.2, 0.25) is 0 Å². The molecule has 0 aliphatic heterocycles. The van der Waals surface area contributed by atoms with Crippen molar-refractivity contribution in [2.45, 2.75) is 51.6 Å². The summed E-state index contributed by atoms with van der Waals surface area (Å²) in [4.78, 5) is 22.1. The van der Waals surface area contributed by atoms with Crippen LogP contribution in [0.1, 0.15) is 39.5 Å². The van der Waals surface area contributed by atoms with E-state index < -0.39 is 12.0 Å². The average Bonchev–Trinajstić information content (AvgIpc) is 2.93. The van der Waals surface area contributed by atoms with Crippen LogP contribution >= 0.6 is 0 Å². The van der Waals surface area contributed by atoms with E-state index in [0.717, 1.165) is 19.3 Å². The number of amides is 2. The summed E-state index contributed by atoms with van der Waals surface area (Å²) < 4.78 is 0. The monoisotopic (exact) mass is 228 g/mol. The minimum Gasteiger partial charge on any atom is -0.480 e. The zero-order valence-corrected chi connectivity index (χ0v) is 9.82. The number of carbonyl (C=O) groups excluding carboxylic acids is 1. The van der Waals surface area contributed by atoms with Gasteiger partial charge in [-0.15, -0.1) is 0 Å². The highest BCUT2D eigenvalue weighted by molar-refractivity contribution is 5.82. The fourth-order valence-electron chi connectivity index (χ4n) is 1.82. The smallest absolute Gasteiger partial charge is 0.326 e. The molecule has 16 heavy (non-hydrogen) atoms. The van der Waals surface area contributed by atoms with E-state index in [-0.39, 0.29) is 12.1 Å². The van der Waals surface area contributed by atoms with Crippen LogP contribution in [0.15, 0.2) is 0 Å². The summed E-state index contributed by atoms with van der Waals surface area (Å²) >= 11 is 0. The summed E-state index contributed by atoms with van der Waals surface area (Å²) in [5, 5.41) is 14.0. The third-order valence-electron chi connectivity index (χ3n) is 2.91. The molecule has 1 fully saturated rings. The zero-order valence-electron chi connectivity index (χ0n) is 9.82. The van der Waals surface area contributed by atoms with Gasteiger partial charge in [-0.05, 0) is 25.2 Å².